The Morgan fingerprint density at radius 3 is 3.00 bits per heavy atom. The summed E-state index contributed by atoms with van der Waals surface area (Å²) >= 11 is 0. The van der Waals surface area contributed by atoms with E-state index in [9.17, 15) is 0 Å². The van der Waals surface area contributed by atoms with Gasteiger partial charge in [-0.05, 0) is 51.4 Å². The molecular weight excluding hydrogens is 262 g/mol. The summed E-state index contributed by atoms with van der Waals surface area (Å²) in [4.78, 5) is 9.57. The smallest absolute Gasteiger partial charge is 0.160 e. The van der Waals surface area contributed by atoms with Gasteiger partial charge in [-0.15, -0.1) is 0 Å². The van der Waals surface area contributed by atoms with Crippen LogP contribution in [0.2, 0.25) is 0 Å². The first kappa shape index (κ1) is 14.9. The highest BCUT2D eigenvalue weighted by Crippen LogP contribution is 2.42. The lowest BCUT2D eigenvalue weighted by Crippen LogP contribution is -2.37. The number of aryl methyl sites for hydroxylation is 1. The first-order chi connectivity index (χ1) is 10.1. The highest BCUT2D eigenvalue weighted by atomic mass is 16.5. The summed E-state index contributed by atoms with van der Waals surface area (Å²) < 4.78 is 6.19. The van der Waals surface area contributed by atoms with Gasteiger partial charge in [0, 0.05) is 30.1 Å². The summed E-state index contributed by atoms with van der Waals surface area (Å²) in [6.45, 7) is 5.09. The molecule has 1 heterocycles. The van der Waals surface area contributed by atoms with Crippen LogP contribution in [0.3, 0.4) is 0 Å². The molecule has 3 atom stereocenters. The van der Waals surface area contributed by atoms with E-state index in [2.05, 4.69) is 18.8 Å². The highest BCUT2D eigenvalue weighted by Gasteiger charge is 2.40. The summed E-state index contributed by atoms with van der Waals surface area (Å²) in [5.41, 5.74) is 8.19. The predicted octanol–water partition coefficient (Wildman–Crippen LogP) is 3.25. The number of ether oxygens (including phenoxy) is 1. The molecule has 21 heavy (non-hydrogen) atoms. The van der Waals surface area contributed by atoms with Gasteiger partial charge in [0.1, 0.15) is 5.60 Å². The largest absolute Gasteiger partial charge is 0.367 e. The Labute approximate surface area is 127 Å². The molecule has 3 unspecified atom stereocenters. The molecule has 3 rings (SSSR count). The van der Waals surface area contributed by atoms with E-state index in [4.69, 9.17) is 15.5 Å². The minimum absolute atomic E-state index is 0.108. The number of nitrogens with two attached hydrogens (primary N) is 1. The molecule has 4 heteroatoms. The fourth-order valence-electron chi connectivity index (χ4n) is 3.98. The second kappa shape index (κ2) is 6.01. The maximum absolute atomic E-state index is 6.19. The minimum Gasteiger partial charge on any atom is -0.367 e. The molecule has 1 aromatic rings. The van der Waals surface area contributed by atoms with E-state index in [1.54, 1.807) is 0 Å². The zero-order valence-electron chi connectivity index (χ0n) is 13.3. The van der Waals surface area contributed by atoms with Crippen molar-refractivity contribution in [3.8, 4) is 0 Å². The lowest BCUT2D eigenvalue weighted by molar-refractivity contribution is -0.0882. The molecule has 2 aliphatic carbocycles. The second-order valence-corrected chi connectivity index (χ2v) is 6.72. The third-order valence-corrected chi connectivity index (χ3v) is 5.01. The summed E-state index contributed by atoms with van der Waals surface area (Å²) in [6, 6.07) is 0.108. The SMILES string of the molecule is CCOC1(c2ncc3c(n2)CCCC3N)CCCC(C)C1. The lowest BCUT2D eigenvalue weighted by atomic mass is 9.78. The van der Waals surface area contributed by atoms with Crippen LogP contribution in [0.4, 0.5) is 0 Å². The maximum Gasteiger partial charge on any atom is 0.160 e. The van der Waals surface area contributed by atoms with E-state index < -0.39 is 0 Å². The molecule has 4 nitrogen and oxygen atoms in total. The van der Waals surface area contributed by atoms with Crippen molar-refractivity contribution in [1.82, 2.24) is 9.97 Å². The minimum atomic E-state index is -0.275. The summed E-state index contributed by atoms with van der Waals surface area (Å²) in [7, 11) is 0. The van der Waals surface area contributed by atoms with Gasteiger partial charge in [-0.1, -0.05) is 13.3 Å². The Hall–Kier alpha value is -1.00. The van der Waals surface area contributed by atoms with Gasteiger partial charge in [0.05, 0.1) is 0 Å². The van der Waals surface area contributed by atoms with E-state index in [0.717, 1.165) is 49.2 Å². The van der Waals surface area contributed by atoms with Crippen LogP contribution in [0.1, 0.15) is 75.5 Å². The molecule has 1 saturated carbocycles. The Kier molecular flexibility index (Phi) is 4.27. The average molecular weight is 289 g/mol. The first-order valence-corrected chi connectivity index (χ1v) is 8.40. The summed E-state index contributed by atoms with van der Waals surface area (Å²) in [6.07, 6.45) is 9.71. The lowest BCUT2D eigenvalue weighted by Gasteiger charge is -2.39. The number of hydrogen-bond donors (Lipinski definition) is 1. The third-order valence-electron chi connectivity index (χ3n) is 5.01. The van der Waals surface area contributed by atoms with Crippen LogP contribution < -0.4 is 5.73 Å². The van der Waals surface area contributed by atoms with Gasteiger partial charge < -0.3 is 10.5 Å². The molecule has 0 aliphatic heterocycles. The molecular formula is C17H27N3O. The predicted molar refractivity (Wildman–Crippen MR) is 82.8 cm³/mol. The Bertz CT molecular complexity index is 501. The number of fused-ring (bicyclic) bond motifs is 1. The zero-order chi connectivity index (χ0) is 14.9. The molecule has 2 N–H and O–H groups in total. The quantitative estimate of drug-likeness (QED) is 0.928. The van der Waals surface area contributed by atoms with E-state index in [0.29, 0.717) is 12.5 Å². The van der Waals surface area contributed by atoms with E-state index in [-0.39, 0.29) is 11.6 Å². The van der Waals surface area contributed by atoms with Gasteiger partial charge in [0.25, 0.3) is 0 Å². The van der Waals surface area contributed by atoms with Crippen LogP contribution in [-0.2, 0) is 16.8 Å². The van der Waals surface area contributed by atoms with E-state index >= 15 is 0 Å². The van der Waals surface area contributed by atoms with Crippen LogP contribution in [0.5, 0.6) is 0 Å². The molecule has 1 fully saturated rings. The van der Waals surface area contributed by atoms with Crippen LogP contribution >= 0.6 is 0 Å². The fraction of sp³-hybridized carbons (Fsp3) is 0.765. The standard InChI is InChI=1S/C17H27N3O/c1-3-21-17(9-5-6-12(2)10-17)16-19-11-13-14(18)7-4-8-15(13)20-16/h11-12,14H,3-10,18H2,1-2H3. The van der Waals surface area contributed by atoms with E-state index in [1.807, 2.05) is 6.20 Å². The van der Waals surface area contributed by atoms with Crippen LogP contribution in [0, 0.1) is 5.92 Å². The molecule has 0 amide bonds. The molecule has 2 aliphatic rings. The van der Waals surface area contributed by atoms with Crippen LogP contribution in [0.25, 0.3) is 0 Å². The number of aromatic nitrogens is 2. The summed E-state index contributed by atoms with van der Waals surface area (Å²) in [5, 5.41) is 0. The van der Waals surface area contributed by atoms with Crippen molar-refractivity contribution in [1.29, 1.82) is 0 Å². The van der Waals surface area contributed by atoms with Gasteiger partial charge in [-0.2, -0.15) is 0 Å². The molecule has 0 aromatic carbocycles. The van der Waals surface area contributed by atoms with Crippen molar-refractivity contribution < 1.29 is 4.74 Å². The van der Waals surface area contributed by atoms with Crippen molar-refractivity contribution in [2.45, 2.75) is 70.4 Å². The van der Waals surface area contributed by atoms with E-state index in [1.165, 1.54) is 12.8 Å². The average Bonchev–Trinajstić information content (AvgIpc) is 2.47. The monoisotopic (exact) mass is 289 g/mol. The number of rotatable bonds is 3. The third kappa shape index (κ3) is 2.84. The van der Waals surface area contributed by atoms with Gasteiger partial charge in [0.15, 0.2) is 5.82 Å². The second-order valence-electron chi connectivity index (χ2n) is 6.72. The molecule has 116 valence electrons. The maximum atomic E-state index is 6.19. The summed E-state index contributed by atoms with van der Waals surface area (Å²) in [5.74, 6) is 1.57. The Morgan fingerprint density at radius 2 is 2.24 bits per heavy atom. The van der Waals surface area contributed by atoms with Crippen molar-refractivity contribution in [3.05, 3.63) is 23.3 Å². The number of nitrogens with zero attached hydrogens (tertiary/aromatic N) is 2. The van der Waals surface area contributed by atoms with Crippen molar-refractivity contribution >= 4 is 0 Å². The van der Waals surface area contributed by atoms with Gasteiger partial charge in [-0.3, -0.25) is 0 Å². The van der Waals surface area contributed by atoms with Gasteiger partial charge >= 0.3 is 0 Å². The van der Waals surface area contributed by atoms with Crippen molar-refractivity contribution in [2.75, 3.05) is 6.61 Å². The molecule has 0 saturated heterocycles. The Balaban J connectivity index is 1.96. The molecule has 0 radical (unpaired) electrons. The van der Waals surface area contributed by atoms with Crippen molar-refractivity contribution in [2.24, 2.45) is 11.7 Å². The molecule has 1 aromatic heterocycles. The molecule has 0 bridgehead atoms. The van der Waals surface area contributed by atoms with Crippen molar-refractivity contribution in [3.63, 3.8) is 0 Å². The fourth-order valence-corrected chi connectivity index (χ4v) is 3.98. The van der Waals surface area contributed by atoms with Crippen LogP contribution in [-0.4, -0.2) is 16.6 Å². The van der Waals surface area contributed by atoms with Gasteiger partial charge in [-0.25, -0.2) is 9.97 Å². The number of hydrogen-bond acceptors (Lipinski definition) is 4. The normalized spacial score (nSPS) is 32.7. The topological polar surface area (TPSA) is 61.0 Å². The Morgan fingerprint density at radius 1 is 1.38 bits per heavy atom. The van der Waals surface area contributed by atoms with Gasteiger partial charge in [0.2, 0.25) is 0 Å². The highest BCUT2D eigenvalue weighted by molar-refractivity contribution is 5.25. The molecule has 0 spiro atoms. The van der Waals surface area contributed by atoms with Crippen LogP contribution in [0.15, 0.2) is 6.20 Å². The zero-order valence-corrected chi connectivity index (χ0v) is 13.3. The first-order valence-electron chi connectivity index (χ1n) is 8.40.